The summed E-state index contributed by atoms with van der Waals surface area (Å²) in [5.74, 6) is 1.98. The third-order valence-electron chi connectivity index (χ3n) is 17.1. The number of likely N-dealkylation sites (tertiary alicyclic amines) is 1. The highest BCUT2D eigenvalue weighted by Crippen LogP contribution is 2.47. The highest BCUT2D eigenvalue weighted by Gasteiger charge is 2.46. The minimum Gasteiger partial charge on any atom is -0.508 e. The molecule has 5 aliphatic rings. The van der Waals surface area contributed by atoms with Crippen LogP contribution in [0, 0.1) is 35.3 Å². The molecule has 3 aromatic heterocycles. The van der Waals surface area contributed by atoms with E-state index in [1.54, 1.807) is 16.8 Å². The molecular weight excluding hydrogens is 1020 g/mol. The second kappa shape index (κ2) is 21.9. The molecule has 0 radical (unpaired) electrons. The number of piperazine rings is 2. The molecule has 2 unspecified atom stereocenters. The van der Waals surface area contributed by atoms with Gasteiger partial charge >= 0.3 is 6.01 Å². The standard InChI is InChI=1S/C61H68F2N12O5/c1-5-44-49(62)14-9-39-25-43(76)26-47(52(39)44)54-53(63)55-48(29-65-54)56(74-32-40-10-11-41(33-74)66-40)68-60(67-55)80-35-61(17-18-61)34-73-23-21-72(22-24-73)31-38-15-19-71(20-16-38)30-37-7-12-42(13-8-37)75-57(69-70-58(75)59(79)64-6-2)46-27-45(36(3)4)50(77)28-51(46)78/h1,7-9,12-14,25-29,36,38,40-41,66,76-78H,6,10-11,15-24,30-35H2,2-4H3,(H,64,79). The third-order valence-corrected chi connectivity index (χ3v) is 17.1. The fourth-order valence-electron chi connectivity index (χ4n) is 12.6. The quantitative estimate of drug-likeness (QED) is 0.0585. The Hall–Kier alpha value is -7.50. The van der Waals surface area contributed by atoms with E-state index in [0.717, 1.165) is 103 Å². The monoisotopic (exact) mass is 1090 g/mol. The largest absolute Gasteiger partial charge is 0.508 e. The molecule has 1 saturated carbocycles. The van der Waals surface area contributed by atoms with Gasteiger partial charge in [0.05, 0.1) is 23.1 Å². The van der Waals surface area contributed by atoms with Crippen LogP contribution in [-0.4, -0.2) is 156 Å². The summed E-state index contributed by atoms with van der Waals surface area (Å²) in [6, 6.07) is 17.4. The van der Waals surface area contributed by atoms with Crippen molar-refractivity contribution in [2.75, 3.05) is 83.5 Å². The molecule has 0 spiro atoms. The van der Waals surface area contributed by atoms with Crippen molar-refractivity contribution in [1.29, 1.82) is 0 Å². The van der Waals surface area contributed by atoms with Gasteiger partial charge in [0, 0.05) is 112 Å². The molecule has 2 bridgehead atoms. The number of aromatic hydroxyl groups is 3. The number of rotatable bonds is 16. The second-order valence-electron chi connectivity index (χ2n) is 23.1. The summed E-state index contributed by atoms with van der Waals surface area (Å²) < 4.78 is 40.5. The van der Waals surface area contributed by atoms with Gasteiger partial charge in [-0.05, 0) is 123 Å². The molecular formula is C61H68F2N12O5. The average molecular weight is 1090 g/mol. The highest BCUT2D eigenvalue weighted by molar-refractivity contribution is 6.03. The average Bonchev–Trinajstić information content (AvgIpc) is 4.06. The summed E-state index contributed by atoms with van der Waals surface area (Å²) in [7, 11) is 0. The maximum atomic E-state index is 17.2. The number of pyridine rings is 1. The lowest BCUT2D eigenvalue weighted by molar-refractivity contribution is 0.0745. The number of fused-ring (bicyclic) bond motifs is 4. The van der Waals surface area contributed by atoms with E-state index < -0.39 is 11.6 Å². The predicted octanol–water partition coefficient (Wildman–Crippen LogP) is 7.97. The van der Waals surface area contributed by atoms with Crippen molar-refractivity contribution >= 4 is 33.4 Å². The molecule has 5 fully saturated rings. The van der Waals surface area contributed by atoms with E-state index in [9.17, 15) is 20.1 Å². The summed E-state index contributed by atoms with van der Waals surface area (Å²) in [6.45, 7) is 16.8. The first-order chi connectivity index (χ1) is 38.7. The Morgan fingerprint density at radius 1 is 0.875 bits per heavy atom. The van der Waals surface area contributed by atoms with Crippen LogP contribution in [0.2, 0.25) is 0 Å². The fourth-order valence-corrected chi connectivity index (χ4v) is 12.6. The van der Waals surface area contributed by atoms with E-state index in [1.807, 2.05) is 32.9 Å². The van der Waals surface area contributed by atoms with Crippen LogP contribution in [0.15, 0.2) is 66.9 Å². The zero-order valence-corrected chi connectivity index (χ0v) is 45.6. The predicted molar refractivity (Wildman–Crippen MR) is 302 cm³/mol. The molecule has 5 N–H and O–H groups in total. The summed E-state index contributed by atoms with van der Waals surface area (Å²) in [5.41, 5.74) is 2.88. The first kappa shape index (κ1) is 53.2. The van der Waals surface area contributed by atoms with E-state index in [1.165, 1.54) is 30.3 Å². The van der Waals surface area contributed by atoms with Gasteiger partial charge in [-0.2, -0.15) is 9.97 Å². The van der Waals surface area contributed by atoms with E-state index in [2.05, 4.69) is 63.5 Å². The van der Waals surface area contributed by atoms with Gasteiger partial charge in [0.1, 0.15) is 40.1 Å². The molecule has 12 rings (SSSR count). The highest BCUT2D eigenvalue weighted by atomic mass is 19.1. The molecule has 2 atom stereocenters. The number of piperidine rings is 1. The van der Waals surface area contributed by atoms with Gasteiger partial charge in [-0.25, -0.2) is 8.78 Å². The number of aromatic nitrogens is 6. The topological polar surface area (TPSA) is 193 Å². The SMILES string of the molecule is C#Cc1c(F)ccc2cc(O)cc(-c3ncc4c(N5CC6CCC(C5)N6)nc(OCC5(CN6CCN(CC7CCN(Cc8ccc(-n9c(C(=O)NCC)nnc9-c9cc(C(C)C)c(O)cc9O)cc8)CC7)CC6)CC5)nc4c3F)c12. The zero-order valence-electron chi connectivity index (χ0n) is 45.6. The Labute approximate surface area is 464 Å². The van der Waals surface area contributed by atoms with Crippen LogP contribution in [0.4, 0.5) is 14.6 Å². The molecule has 1 amide bonds. The van der Waals surface area contributed by atoms with Crippen LogP contribution in [-0.2, 0) is 6.54 Å². The number of ether oxygens (including phenoxy) is 1. The lowest BCUT2D eigenvalue weighted by Crippen LogP contribution is -2.51. The third kappa shape index (κ3) is 10.6. The van der Waals surface area contributed by atoms with Crippen LogP contribution < -0.4 is 20.3 Å². The number of amides is 1. The molecule has 80 heavy (non-hydrogen) atoms. The number of anilines is 1. The van der Waals surface area contributed by atoms with Gasteiger partial charge in [0.15, 0.2) is 11.6 Å². The van der Waals surface area contributed by atoms with Gasteiger partial charge in [-0.3, -0.25) is 19.2 Å². The zero-order chi connectivity index (χ0) is 55.4. The molecule has 416 valence electrons. The molecule has 7 aromatic rings. The molecule has 7 heterocycles. The fraction of sp³-hybridized carbons (Fsp3) is 0.443. The first-order valence-corrected chi connectivity index (χ1v) is 28.2. The molecule has 4 aromatic carbocycles. The summed E-state index contributed by atoms with van der Waals surface area (Å²) >= 11 is 0. The minimum absolute atomic E-state index is 0.00469. The Balaban J connectivity index is 0.665. The van der Waals surface area contributed by atoms with E-state index in [4.69, 9.17) is 21.1 Å². The molecule has 4 saturated heterocycles. The molecule has 19 heteroatoms. The van der Waals surface area contributed by atoms with E-state index >= 15 is 8.78 Å². The number of nitrogens with zero attached hydrogens (tertiary/aromatic N) is 10. The number of hydrogen-bond donors (Lipinski definition) is 5. The lowest BCUT2D eigenvalue weighted by atomic mass is 9.95. The van der Waals surface area contributed by atoms with Crippen molar-refractivity contribution in [3.63, 3.8) is 0 Å². The maximum absolute atomic E-state index is 17.2. The Bertz CT molecular complexity index is 3520. The molecule has 17 nitrogen and oxygen atoms in total. The maximum Gasteiger partial charge on any atom is 0.319 e. The number of phenols is 3. The number of phenolic OH excluding ortho intramolecular Hbond substituents is 3. The minimum atomic E-state index is -0.730. The Kier molecular flexibility index (Phi) is 14.5. The second-order valence-corrected chi connectivity index (χ2v) is 23.1. The van der Waals surface area contributed by atoms with Crippen molar-refractivity contribution < 1.29 is 33.6 Å². The number of carbonyl (C=O) groups is 1. The van der Waals surface area contributed by atoms with Crippen molar-refractivity contribution in [1.82, 2.24) is 55.0 Å². The van der Waals surface area contributed by atoms with Gasteiger partial charge in [-0.1, -0.05) is 38.0 Å². The summed E-state index contributed by atoms with van der Waals surface area (Å²) in [5, 5.41) is 48.5. The summed E-state index contributed by atoms with van der Waals surface area (Å²) in [4.78, 5) is 37.4. The van der Waals surface area contributed by atoms with Crippen molar-refractivity contribution in [2.24, 2.45) is 11.3 Å². The van der Waals surface area contributed by atoms with Crippen LogP contribution in [0.3, 0.4) is 0 Å². The van der Waals surface area contributed by atoms with Gasteiger partial charge in [-0.15, -0.1) is 16.6 Å². The van der Waals surface area contributed by atoms with E-state index in [-0.39, 0.29) is 74.0 Å². The van der Waals surface area contributed by atoms with Crippen molar-refractivity contribution in [2.45, 2.75) is 83.8 Å². The van der Waals surface area contributed by atoms with Crippen LogP contribution in [0.5, 0.6) is 23.3 Å². The van der Waals surface area contributed by atoms with E-state index in [0.29, 0.717) is 83.5 Å². The lowest BCUT2D eigenvalue weighted by Gasteiger charge is -2.39. The van der Waals surface area contributed by atoms with Crippen LogP contribution >= 0.6 is 0 Å². The number of hydrogen-bond acceptors (Lipinski definition) is 15. The number of terminal acetylenes is 1. The molecule has 1 aliphatic carbocycles. The number of nitrogens with one attached hydrogen (secondary N) is 2. The first-order valence-electron chi connectivity index (χ1n) is 28.2. The van der Waals surface area contributed by atoms with Gasteiger partial charge in [0.25, 0.3) is 5.91 Å². The number of halogens is 2. The van der Waals surface area contributed by atoms with Gasteiger partial charge < -0.3 is 45.4 Å². The number of carbonyl (C=O) groups excluding carboxylic acids is 1. The van der Waals surface area contributed by atoms with Crippen molar-refractivity contribution in [3.8, 4) is 63.9 Å². The van der Waals surface area contributed by atoms with Crippen LogP contribution in [0.25, 0.3) is 50.0 Å². The molecule has 4 aliphatic heterocycles. The number of benzene rings is 4. The Morgan fingerprint density at radius 3 is 2.31 bits per heavy atom. The van der Waals surface area contributed by atoms with Crippen LogP contribution in [0.1, 0.15) is 92.5 Å². The normalized spacial score (nSPS) is 19.7. The van der Waals surface area contributed by atoms with Crippen molar-refractivity contribution in [3.05, 3.63) is 101 Å². The Morgan fingerprint density at radius 2 is 1.61 bits per heavy atom. The smallest absolute Gasteiger partial charge is 0.319 e. The summed E-state index contributed by atoms with van der Waals surface area (Å²) in [6.07, 6.45) is 13.8. The van der Waals surface area contributed by atoms with Gasteiger partial charge in [0.2, 0.25) is 5.82 Å².